The molecule has 1 aromatic carbocycles. The Bertz CT molecular complexity index is 337. The summed E-state index contributed by atoms with van der Waals surface area (Å²) in [5, 5.41) is 9.62. The van der Waals surface area contributed by atoms with Gasteiger partial charge in [-0.25, -0.2) is 0 Å². The normalized spacial score (nSPS) is 10.2. The molecule has 4 heteroatoms. The molecular formula is C10H10Br2O2. The molecule has 0 aliphatic heterocycles. The van der Waals surface area contributed by atoms with Crippen molar-refractivity contribution < 1.29 is 9.90 Å². The molecular weight excluding hydrogens is 312 g/mol. The number of carbonyl (C=O) groups excluding carboxylic acids is 1. The van der Waals surface area contributed by atoms with E-state index >= 15 is 0 Å². The summed E-state index contributed by atoms with van der Waals surface area (Å²) in [6.07, 6.45) is 0.474. The average molecular weight is 322 g/mol. The zero-order chi connectivity index (χ0) is 10.6. The molecule has 0 aromatic heterocycles. The van der Waals surface area contributed by atoms with Crippen LogP contribution < -0.4 is 0 Å². The molecule has 0 fully saturated rings. The molecule has 0 amide bonds. The van der Waals surface area contributed by atoms with E-state index in [1.165, 1.54) is 0 Å². The molecule has 0 saturated carbocycles. The lowest BCUT2D eigenvalue weighted by atomic mass is 10.1. The first-order chi connectivity index (χ1) is 6.67. The van der Waals surface area contributed by atoms with Crippen LogP contribution in [0.3, 0.4) is 0 Å². The Hall–Kier alpha value is -0.190. The Kier molecular flexibility index (Phi) is 4.78. The van der Waals surface area contributed by atoms with Crippen LogP contribution in [0.2, 0.25) is 0 Å². The van der Waals surface area contributed by atoms with Gasteiger partial charge in [-0.05, 0) is 23.8 Å². The summed E-state index contributed by atoms with van der Waals surface area (Å²) in [4.78, 5) is 11.5. The molecule has 0 aliphatic rings. The number of ketones is 1. The van der Waals surface area contributed by atoms with E-state index in [0.717, 1.165) is 10.0 Å². The predicted octanol–water partition coefficient (Wildman–Crippen LogP) is 2.91. The maximum Gasteiger partial charge on any atom is 0.163 e. The van der Waals surface area contributed by atoms with Crippen LogP contribution in [-0.2, 0) is 6.61 Å². The third kappa shape index (κ3) is 3.19. The Labute approximate surface area is 99.6 Å². The lowest BCUT2D eigenvalue weighted by molar-refractivity contribution is 0.0989. The Balaban J connectivity index is 2.96. The Morgan fingerprint density at radius 2 is 2.07 bits per heavy atom. The number of alkyl halides is 1. The standard InChI is InChI=1S/C10H10Br2O2/c11-2-1-10(14)8-3-7(6-13)4-9(12)5-8/h3-5,13H,1-2,6H2. The highest BCUT2D eigenvalue weighted by Gasteiger charge is 2.06. The van der Waals surface area contributed by atoms with Crippen molar-refractivity contribution >= 4 is 37.6 Å². The van der Waals surface area contributed by atoms with E-state index in [9.17, 15) is 4.79 Å². The molecule has 76 valence electrons. The zero-order valence-corrected chi connectivity index (χ0v) is 10.6. The van der Waals surface area contributed by atoms with Crippen molar-refractivity contribution in [3.63, 3.8) is 0 Å². The van der Waals surface area contributed by atoms with Crippen LogP contribution in [0, 0.1) is 0 Å². The van der Waals surface area contributed by atoms with E-state index in [1.807, 2.05) is 0 Å². The third-order valence-corrected chi connectivity index (χ3v) is 2.64. The van der Waals surface area contributed by atoms with Crippen molar-refractivity contribution in [3.05, 3.63) is 33.8 Å². The van der Waals surface area contributed by atoms with E-state index in [1.54, 1.807) is 18.2 Å². The van der Waals surface area contributed by atoms with Gasteiger partial charge in [0.2, 0.25) is 0 Å². The number of benzene rings is 1. The molecule has 1 aromatic rings. The molecule has 0 spiro atoms. The van der Waals surface area contributed by atoms with Gasteiger partial charge in [0.05, 0.1) is 6.61 Å². The van der Waals surface area contributed by atoms with Crippen molar-refractivity contribution in [3.8, 4) is 0 Å². The number of Topliss-reactive ketones (excluding diaryl/α,β-unsaturated/α-hetero) is 1. The van der Waals surface area contributed by atoms with Gasteiger partial charge < -0.3 is 5.11 Å². The minimum absolute atomic E-state index is 0.0476. The van der Waals surface area contributed by atoms with Crippen molar-refractivity contribution in [2.24, 2.45) is 0 Å². The van der Waals surface area contributed by atoms with Crippen LogP contribution in [0.4, 0.5) is 0 Å². The molecule has 0 bridgehead atoms. The number of hydrogen-bond acceptors (Lipinski definition) is 2. The number of aliphatic hydroxyl groups is 1. The molecule has 14 heavy (non-hydrogen) atoms. The second-order valence-electron chi connectivity index (χ2n) is 2.87. The van der Waals surface area contributed by atoms with Crippen molar-refractivity contribution in [2.45, 2.75) is 13.0 Å². The molecule has 0 unspecified atom stereocenters. The number of aliphatic hydroxyl groups excluding tert-OH is 1. The number of rotatable bonds is 4. The van der Waals surface area contributed by atoms with Crippen LogP contribution in [0.1, 0.15) is 22.3 Å². The van der Waals surface area contributed by atoms with E-state index in [0.29, 0.717) is 17.3 Å². The summed E-state index contributed by atoms with van der Waals surface area (Å²) < 4.78 is 0.821. The zero-order valence-electron chi connectivity index (χ0n) is 7.46. The van der Waals surface area contributed by atoms with Crippen LogP contribution in [0.25, 0.3) is 0 Å². The van der Waals surface area contributed by atoms with Gasteiger partial charge in [-0.15, -0.1) is 0 Å². The van der Waals surface area contributed by atoms with E-state index in [2.05, 4.69) is 31.9 Å². The van der Waals surface area contributed by atoms with E-state index < -0.39 is 0 Å². The minimum atomic E-state index is -0.0476. The Morgan fingerprint density at radius 3 is 2.64 bits per heavy atom. The van der Waals surface area contributed by atoms with Gasteiger partial charge in [-0.3, -0.25) is 4.79 Å². The summed E-state index contributed by atoms with van der Waals surface area (Å²) in [5.74, 6) is 0.0814. The molecule has 0 aliphatic carbocycles. The van der Waals surface area contributed by atoms with Crippen LogP contribution in [0.5, 0.6) is 0 Å². The summed E-state index contributed by atoms with van der Waals surface area (Å²) in [6.45, 7) is -0.0476. The maximum absolute atomic E-state index is 11.5. The summed E-state index contributed by atoms with van der Waals surface area (Å²) in [5.41, 5.74) is 1.39. The van der Waals surface area contributed by atoms with E-state index in [4.69, 9.17) is 5.11 Å². The smallest absolute Gasteiger partial charge is 0.163 e. The summed E-state index contributed by atoms with van der Waals surface area (Å²) in [6, 6.07) is 5.28. The first kappa shape index (κ1) is 11.9. The predicted molar refractivity (Wildman–Crippen MR) is 62.8 cm³/mol. The Morgan fingerprint density at radius 1 is 1.36 bits per heavy atom. The highest BCUT2D eigenvalue weighted by Crippen LogP contribution is 2.17. The summed E-state index contributed by atoms with van der Waals surface area (Å²) >= 11 is 6.52. The van der Waals surface area contributed by atoms with Gasteiger partial charge >= 0.3 is 0 Å². The maximum atomic E-state index is 11.5. The fourth-order valence-electron chi connectivity index (χ4n) is 1.13. The molecule has 0 saturated heterocycles. The van der Waals surface area contributed by atoms with Gasteiger partial charge in [0.25, 0.3) is 0 Å². The van der Waals surface area contributed by atoms with Gasteiger partial charge in [0.15, 0.2) is 5.78 Å². The average Bonchev–Trinajstić information content (AvgIpc) is 2.17. The van der Waals surface area contributed by atoms with Crippen LogP contribution in [0.15, 0.2) is 22.7 Å². The fraction of sp³-hybridized carbons (Fsp3) is 0.300. The van der Waals surface area contributed by atoms with Crippen molar-refractivity contribution in [2.75, 3.05) is 5.33 Å². The van der Waals surface area contributed by atoms with Crippen LogP contribution in [-0.4, -0.2) is 16.2 Å². The number of halogens is 2. The summed E-state index contributed by atoms with van der Waals surface area (Å²) in [7, 11) is 0. The van der Waals surface area contributed by atoms with Crippen LogP contribution >= 0.6 is 31.9 Å². The van der Waals surface area contributed by atoms with Gasteiger partial charge in [-0.2, -0.15) is 0 Å². The molecule has 0 atom stereocenters. The first-order valence-corrected chi connectivity index (χ1v) is 6.08. The molecule has 2 nitrogen and oxygen atoms in total. The number of carbonyl (C=O) groups is 1. The minimum Gasteiger partial charge on any atom is -0.392 e. The van der Waals surface area contributed by atoms with Gasteiger partial charge in [0, 0.05) is 21.8 Å². The second kappa shape index (κ2) is 5.63. The SMILES string of the molecule is O=C(CCBr)c1cc(Br)cc(CO)c1. The molecule has 1 N–H and O–H groups in total. The van der Waals surface area contributed by atoms with Crippen molar-refractivity contribution in [1.29, 1.82) is 0 Å². The van der Waals surface area contributed by atoms with E-state index in [-0.39, 0.29) is 12.4 Å². The molecule has 1 rings (SSSR count). The lowest BCUT2D eigenvalue weighted by Crippen LogP contribution is -2.00. The monoisotopic (exact) mass is 320 g/mol. The largest absolute Gasteiger partial charge is 0.392 e. The molecule has 0 heterocycles. The number of hydrogen-bond donors (Lipinski definition) is 1. The first-order valence-electron chi connectivity index (χ1n) is 4.17. The third-order valence-electron chi connectivity index (χ3n) is 1.78. The lowest BCUT2D eigenvalue weighted by Gasteiger charge is -2.03. The quantitative estimate of drug-likeness (QED) is 0.684. The highest BCUT2D eigenvalue weighted by molar-refractivity contribution is 9.10. The topological polar surface area (TPSA) is 37.3 Å². The molecule has 0 radical (unpaired) electrons. The van der Waals surface area contributed by atoms with Gasteiger partial charge in [0.1, 0.15) is 0 Å². The van der Waals surface area contributed by atoms with Crippen molar-refractivity contribution in [1.82, 2.24) is 0 Å². The fourth-order valence-corrected chi connectivity index (χ4v) is 2.03. The highest BCUT2D eigenvalue weighted by atomic mass is 79.9. The second-order valence-corrected chi connectivity index (χ2v) is 4.58. The van der Waals surface area contributed by atoms with Gasteiger partial charge in [-0.1, -0.05) is 31.9 Å².